The second-order valence-electron chi connectivity index (χ2n) is 14.2. The fourth-order valence-corrected chi connectivity index (χ4v) is 6.70. The van der Waals surface area contributed by atoms with Crippen LogP contribution in [0.4, 0.5) is 0 Å². The molecule has 12 nitrogen and oxygen atoms in total. The van der Waals surface area contributed by atoms with Gasteiger partial charge in [0.1, 0.15) is 24.4 Å². The van der Waals surface area contributed by atoms with Gasteiger partial charge in [-0.05, 0) is 51.4 Å². The molecule has 6 N–H and O–H groups in total. The molecule has 0 spiro atoms. The topological polar surface area (TPSA) is 192 Å². The third-order valence-corrected chi connectivity index (χ3v) is 9.88. The zero-order chi connectivity index (χ0) is 39.2. The van der Waals surface area contributed by atoms with Crippen molar-refractivity contribution in [3.05, 3.63) is 36.5 Å². The summed E-state index contributed by atoms with van der Waals surface area (Å²) in [5.41, 5.74) is 0. The lowest BCUT2D eigenvalue weighted by molar-refractivity contribution is -0.298. The summed E-state index contributed by atoms with van der Waals surface area (Å²) in [5, 5.41) is 44.4. The maximum atomic E-state index is 12.9. The van der Waals surface area contributed by atoms with E-state index in [0.717, 1.165) is 64.2 Å². The molecule has 0 aromatic rings. The lowest BCUT2D eigenvalue weighted by Gasteiger charge is -2.41. The van der Waals surface area contributed by atoms with Crippen molar-refractivity contribution >= 4 is 16.3 Å². The van der Waals surface area contributed by atoms with Crippen LogP contribution in [0.2, 0.25) is 0 Å². The average Bonchev–Trinajstić information content (AvgIpc) is 3.12. The quantitative estimate of drug-likeness (QED) is 0.0234. The molecule has 13 heteroatoms. The third-order valence-electron chi connectivity index (χ3n) is 9.42. The van der Waals surface area contributed by atoms with Crippen molar-refractivity contribution in [2.45, 2.75) is 198 Å². The predicted molar refractivity (Wildman–Crippen MR) is 208 cm³/mol. The fourth-order valence-electron chi connectivity index (χ4n) is 6.19. The minimum atomic E-state index is -5.08. The SMILES string of the molecule is CCCCC/C=C\C/C=C\CCCCCCCCCC(=O)NC(COC1OC(CO)C(O)C(OS(=O)(=O)O)C1O)C(O)/C=C/CCCCCCCCC. The largest absolute Gasteiger partial charge is 0.397 e. The minimum absolute atomic E-state index is 0.258. The number of ether oxygens (including phenoxy) is 2. The average molecular weight is 776 g/mol. The van der Waals surface area contributed by atoms with Crippen molar-refractivity contribution in [2.24, 2.45) is 0 Å². The summed E-state index contributed by atoms with van der Waals surface area (Å²) < 4.78 is 47.3. The Bertz CT molecular complexity index is 1100. The second-order valence-corrected chi connectivity index (χ2v) is 15.3. The first-order valence-corrected chi connectivity index (χ1v) is 21.7. The van der Waals surface area contributed by atoms with Gasteiger partial charge >= 0.3 is 10.4 Å². The number of rotatable bonds is 33. The van der Waals surface area contributed by atoms with E-state index in [4.69, 9.17) is 14.0 Å². The Morgan fingerprint density at radius 2 is 1.26 bits per heavy atom. The first-order valence-electron chi connectivity index (χ1n) is 20.4. The molecule has 0 radical (unpaired) electrons. The molecule has 1 rings (SSSR count). The Morgan fingerprint density at radius 1 is 0.755 bits per heavy atom. The van der Waals surface area contributed by atoms with E-state index in [1.54, 1.807) is 6.08 Å². The maximum absolute atomic E-state index is 12.9. The van der Waals surface area contributed by atoms with Crippen molar-refractivity contribution in [1.29, 1.82) is 0 Å². The van der Waals surface area contributed by atoms with Gasteiger partial charge in [0.2, 0.25) is 5.91 Å². The van der Waals surface area contributed by atoms with E-state index >= 15 is 0 Å². The van der Waals surface area contributed by atoms with Crippen LogP contribution in [-0.2, 0) is 28.9 Å². The Morgan fingerprint density at radius 3 is 1.83 bits per heavy atom. The van der Waals surface area contributed by atoms with E-state index in [0.29, 0.717) is 6.42 Å². The van der Waals surface area contributed by atoms with E-state index in [9.17, 15) is 33.6 Å². The van der Waals surface area contributed by atoms with E-state index in [1.165, 1.54) is 64.2 Å². The van der Waals surface area contributed by atoms with Gasteiger partial charge < -0.3 is 35.2 Å². The third kappa shape index (κ3) is 25.2. The maximum Gasteiger partial charge on any atom is 0.397 e. The highest BCUT2D eigenvalue weighted by Gasteiger charge is 2.48. The summed E-state index contributed by atoms with van der Waals surface area (Å²) in [7, 11) is -5.08. The van der Waals surface area contributed by atoms with Crippen LogP contribution >= 0.6 is 0 Å². The molecule has 0 aromatic carbocycles. The number of amides is 1. The fraction of sp³-hybridized carbons (Fsp3) is 0.825. The molecule has 1 fully saturated rings. The molecule has 0 aliphatic carbocycles. The molecular formula is C40H73NO11S. The van der Waals surface area contributed by atoms with Gasteiger partial charge in [-0.1, -0.05) is 134 Å². The highest BCUT2D eigenvalue weighted by atomic mass is 32.3. The van der Waals surface area contributed by atoms with E-state index in [1.807, 2.05) is 6.08 Å². The smallest absolute Gasteiger partial charge is 0.394 e. The van der Waals surface area contributed by atoms with Gasteiger partial charge in [-0.15, -0.1) is 0 Å². The van der Waals surface area contributed by atoms with Crippen molar-refractivity contribution in [1.82, 2.24) is 5.32 Å². The van der Waals surface area contributed by atoms with Crippen LogP contribution in [0.1, 0.15) is 155 Å². The lowest BCUT2D eigenvalue weighted by atomic mass is 9.99. The van der Waals surface area contributed by atoms with Crippen LogP contribution in [0.25, 0.3) is 0 Å². The number of carbonyl (C=O) groups is 1. The van der Waals surface area contributed by atoms with Crippen LogP contribution in [0, 0.1) is 0 Å². The predicted octanol–water partition coefficient (Wildman–Crippen LogP) is 6.77. The van der Waals surface area contributed by atoms with Gasteiger partial charge in [0.05, 0.1) is 25.4 Å². The van der Waals surface area contributed by atoms with E-state index in [2.05, 4.69) is 47.7 Å². The Balaban J connectivity index is 2.56. The summed E-state index contributed by atoms with van der Waals surface area (Å²) in [5.74, 6) is -0.276. The van der Waals surface area contributed by atoms with Crippen LogP contribution in [0.5, 0.6) is 0 Å². The van der Waals surface area contributed by atoms with Gasteiger partial charge in [-0.25, -0.2) is 4.18 Å². The first-order chi connectivity index (χ1) is 25.5. The number of hydrogen-bond donors (Lipinski definition) is 6. The molecule has 53 heavy (non-hydrogen) atoms. The molecule has 0 saturated carbocycles. The molecule has 1 amide bonds. The molecule has 7 unspecified atom stereocenters. The molecule has 1 aliphatic heterocycles. The molecule has 7 atom stereocenters. The molecule has 0 aromatic heterocycles. The molecule has 310 valence electrons. The van der Waals surface area contributed by atoms with E-state index < -0.39 is 59.9 Å². The summed E-state index contributed by atoms with van der Waals surface area (Å²) >= 11 is 0. The second kappa shape index (κ2) is 31.5. The van der Waals surface area contributed by atoms with Gasteiger partial charge in [-0.2, -0.15) is 8.42 Å². The number of aliphatic hydroxyl groups excluding tert-OH is 4. The van der Waals surface area contributed by atoms with E-state index in [-0.39, 0.29) is 18.9 Å². The summed E-state index contributed by atoms with van der Waals surface area (Å²) in [6.07, 6.45) is 26.3. The highest BCUT2D eigenvalue weighted by Crippen LogP contribution is 2.26. The standard InChI is InChI=1S/C40H73NO11S/c1-3-5-7-9-11-13-14-15-16-17-18-19-20-22-24-26-28-30-36(44)41-33(34(43)29-27-25-23-21-12-10-8-6-4-2)32-50-40-38(46)39(52-53(47,48)49)37(45)35(31-42)51-40/h11,13,15-16,27,29,33-35,37-40,42-43,45-46H,3-10,12,14,17-26,28,30-32H2,1-2H3,(H,41,44)(H,47,48,49)/b13-11-,16-15-,29-27+. The number of aliphatic hydroxyl groups is 4. The number of allylic oxidation sites excluding steroid dienone is 5. The zero-order valence-corrected chi connectivity index (χ0v) is 33.4. The van der Waals surface area contributed by atoms with Crippen molar-refractivity contribution < 1.29 is 51.8 Å². The minimum Gasteiger partial charge on any atom is -0.394 e. The zero-order valence-electron chi connectivity index (χ0n) is 32.6. The van der Waals surface area contributed by atoms with Gasteiger partial charge in [0.25, 0.3) is 0 Å². The van der Waals surface area contributed by atoms with Gasteiger partial charge in [0.15, 0.2) is 6.29 Å². The number of carbonyl (C=O) groups excluding carboxylic acids is 1. The van der Waals surface area contributed by atoms with Crippen LogP contribution in [0.15, 0.2) is 36.5 Å². The molecule has 0 bridgehead atoms. The normalized spacial score (nSPS) is 22.3. The molecule has 1 aliphatic rings. The molecule has 1 saturated heterocycles. The monoisotopic (exact) mass is 775 g/mol. The van der Waals surface area contributed by atoms with Crippen molar-refractivity contribution in [3.63, 3.8) is 0 Å². The molecule has 1 heterocycles. The summed E-state index contributed by atoms with van der Waals surface area (Å²) in [4.78, 5) is 12.9. The highest BCUT2D eigenvalue weighted by molar-refractivity contribution is 7.80. The summed E-state index contributed by atoms with van der Waals surface area (Å²) in [6, 6.07) is -0.945. The van der Waals surface area contributed by atoms with Gasteiger partial charge in [-0.3, -0.25) is 9.35 Å². The lowest BCUT2D eigenvalue weighted by Crippen LogP contribution is -2.61. The van der Waals surface area contributed by atoms with Crippen LogP contribution < -0.4 is 5.32 Å². The molecular weight excluding hydrogens is 703 g/mol. The Kier molecular flexibility index (Phi) is 29.3. The van der Waals surface area contributed by atoms with Crippen LogP contribution in [0.3, 0.4) is 0 Å². The van der Waals surface area contributed by atoms with Gasteiger partial charge in [0, 0.05) is 6.42 Å². The summed E-state index contributed by atoms with van der Waals surface area (Å²) in [6.45, 7) is 3.29. The number of hydrogen-bond acceptors (Lipinski definition) is 10. The first kappa shape index (κ1) is 49.3. The van der Waals surface area contributed by atoms with Crippen LogP contribution in [-0.4, -0.2) is 95.4 Å². The Labute approximate surface area is 320 Å². The van der Waals surface area contributed by atoms with Crippen molar-refractivity contribution in [2.75, 3.05) is 13.2 Å². The van der Waals surface area contributed by atoms with Crippen molar-refractivity contribution in [3.8, 4) is 0 Å². The number of nitrogens with one attached hydrogen (secondary N) is 1. The Hall–Kier alpha value is -1.68. The number of unbranched alkanes of at least 4 members (excludes halogenated alkanes) is 17.